The normalized spacial score (nSPS) is 10.0. The van der Waals surface area contributed by atoms with E-state index in [0.717, 1.165) is 10.9 Å². The smallest absolute Gasteiger partial charge is 0.289 e. The Hall–Kier alpha value is -2.10. The van der Waals surface area contributed by atoms with Crippen LogP contribution in [0, 0.1) is 0 Å². The highest BCUT2D eigenvalue weighted by molar-refractivity contribution is 6.29. The van der Waals surface area contributed by atoms with Crippen LogP contribution in [0.4, 0.5) is 5.82 Å². The molecule has 2 aromatic rings. The number of hydrogen-bond acceptors (Lipinski definition) is 2. The zero-order valence-electron chi connectivity index (χ0n) is 7.28. The van der Waals surface area contributed by atoms with Crippen molar-refractivity contribution in [3.05, 3.63) is 30.3 Å². The highest BCUT2D eigenvalue weighted by Gasteiger charge is 2.02. The summed E-state index contributed by atoms with van der Waals surface area (Å²) >= 11 is 0. The topological polar surface area (TPSA) is 62.0 Å². The Labute approximate surface area is 79.9 Å². The van der Waals surface area contributed by atoms with Crippen LogP contribution < -0.4 is 5.32 Å². The van der Waals surface area contributed by atoms with Gasteiger partial charge in [-0.3, -0.25) is 9.59 Å². The van der Waals surface area contributed by atoms with Gasteiger partial charge >= 0.3 is 0 Å². The third kappa shape index (κ3) is 1.50. The standard InChI is InChI=1S/C10H8N2O2/c13-6-10(14)12-9-5-7-3-1-2-4-8(7)11-9/h1-6,11H,(H,12,14). The fraction of sp³-hybridized carbons (Fsp3) is 0. The maximum absolute atomic E-state index is 10.8. The molecule has 0 saturated heterocycles. The quantitative estimate of drug-likeness (QED) is 0.551. The molecule has 14 heavy (non-hydrogen) atoms. The molecule has 1 aromatic heterocycles. The highest BCUT2D eigenvalue weighted by Crippen LogP contribution is 2.17. The molecule has 0 unspecified atom stereocenters. The first-order valence-electron chi connectivity index (χ1n) is 4.13. The van der Waals surface area contributed by atoms with Crippen molar-refractivity contribution in [1.82, 2.24) is 4.98 Å². The summed E-state index contributed by atoms with van der Waals surface area (Å²) in [5.74, 6) is -0.125. The van der Waals surface area contributed by atoms with E-state index in [1.54, 1.807) is 6.07 Å². The number of H-pyrrole nitrogens is 1. The maximum atomic E-state index is 10.8. The minimum atomic E-state index is -0.656. The summed E-state index contributed by atoms with van der Waals surface area (Å²) in [6.07, 6.45) is 0.242. The van der Waals surface area contributed by atoms with Crippen molar-refractivity contribution in [2.45, 2.75) is 0 Å². The Bertz CT molecular complexity index is 455. The number of nitrogens with one attached hydrogen (secondary N) is 2. The van der Waals surface area contributed by atoms with Crippen LogP contribution in [-0.4, -0.2) is 17.2 Å². The first-order valence-corrected chi connectivity index (χ1v) is 4.13. The number of amides is 1. The molecule has 0 bridgehead atoms. The number of rotatable bonds is 2. The summed E-state index contributed by atoms with van der Waals surface area (Å²) < 4.78 is 0. The molecule has 0 aliphatic heterocycles. The summed E-state index contributed by atoms with van der Waals surface area (Å²) in [4.78, 5) is 23.8. The molecule has 70 valence electrons. The van der Waals surface area contributed by atoms with Crippen LogP contribution >= 0.6 is 0 Å². The molecule has 0 fully saturated rings. The zero-order chi connectivity index (χ0) is 9.97. The lowest BCUT2D eigenvalue weighted by Gasteiger charge is -1.93. The lowest BCUT2D eigenvalue weighted by Crippen LogP contribution is -2.12. The van der Waals surface area contributed by atoms with Crippen LogP contribution in [-0.2, 0) is 9.59 Å². The summed E-state index contributed by atoms with van der Waals surface area (Å²) in [6.45, 7) is 0. The third-order valence-corrected chi connectivity index (χ3v) is 1.89. The number of hydrogen-bond donors (Lipinski definition) is 2. The van der Waals surface area contributed by atoms with E-state index in [1.807, 2.05) is 24.3 Å². The van der Waals surface area contributed by atoms with Gasteiger partial charge in [-0.05, 0) is 12.1 Å². The van der Waals surface area contributed by atoms with Crippen LogP contribution in [0.15, 0.2) is 30.3 Å². The van der Waals surface area contributed by atoms with Gasteiger partial charge in [-0.25, -0.2) is 0 Å². The molecule has 0 radical (unpaired) electrons. The van der Waals surface area contributed by atoms with Gasteiger partial charge in [-0.1, -0.05) is 18.2 Å². The average Bonchev–Trinajstić information content (AvgIpc) is 2.59. The second kappa shape index (κ2) is 3.33. The molecular formula is C10H8N2O2. The van der Waals surface area contributed by atoms with E-state index >= 15 is 0 Å². The molecule has 0 spiro atoms. The van der Waals surface area contributed by atoms with Crippen LogP contribution in [0.3, 0.4) is 0 Å². The minimum absolute atomic E-state index is 0.242. The fourth-order valence-corrected chi connectivity index (χ4v) is 1.30. The summed E-state index contributed by atoms with van der Waals surface area (Å²) in [5.41, 5.74) is 0.925. The third-order valence-electron chi connectivity index (χ3n) is 1.89. The SMILES string of the molecule is O=CC(=O)Nc1cc2ccccc2[nH]1. The van der Waals surface area contributed by atoms with Crippen molar-refractivity contribution in [2.24, 2.45) is 0 Å². The van der Waals surface area contributed by atoms with Crippen LogP contribution in [0.1, 0.15) is 0 Å². The first kappa shape index (κ1) is 8.50. The molecule has 1 aromatic carbocycles. The predicted octanol–water partition coefficient (Wildman–Crippen LogP) is 1.31. The van der Waals surface area contributed by atoms with Gasteiger partial charge in [0.2, 0.25) is 6.29 Å². The lowest BCUT2D eigenvalue weighted by atomic mass is 10.2. The van der Waals surface area contributed by atoms with Crippen LogP contribution in [0.2, 0.25) is 0 Å². The van der Waals surface area contributed by atoms with Gasteiger partial charge in [-0.2, -0.15) is 0 Å². The second-order valence-corrected chi connectivity index (χ2v) is 2.88. The van der Waals surface area contributed by atoms with Gasteiger partial charge in [-0.15, -0.1) is 0 Å². The Morgan fingerprint density at radius 2 is 2.14 bits per heavy atom. The van der Waals surface area contributed by atoms with Crippen LogP contribution in [0.25, 0.3) is 10.9 Å². The first-order chi connectivity index (χ1) is 6.79. The van der Waals surface area contributed by atoms with Crippen molar-refractivity contribution in [1.29, 1.82) is 0 Å². The summed E-state index contributed by atoms with van der Waals surface area (Å²) in [5, 5.41) is 3.41. The number of benzene rings is 1. The van der Waals surface area contributed by atoms with E-state index in [0.29, 0.717) is 5.82 Å². The Balaban J connectivity index is 2.35. The van der Waals surface area contributed by atoms with Gasteiger partial charge in [0.05, 0.1) is 0 Å². The lowest BCUT2D eigenvalue weighted by molar-refractivity contribution is -0.127. The van der Waals surface area contributed by atoms with E-state index in [2.05, 4.69) is 10.3 Å². The van der Waals surface area contributed by atoms with E-state index in [1.165, 1.54) is 0 Å². The fourth-order valence-electron chi connectivity index (χ4n) is 1.30. The maximum Gasteiger partial charge on any atom is 0.289 e. The Morgan fingerprint density at radius 3 is 2.86 bits per heavy atom. The molecule has 4 heteroatoms. The van der Waals surface area contributed by atoms with Gasteiger partial charge in [0.1, 0.15) is 5.82 Å². The van der Waals surface area contributed by atoms with E-state index in [-0.39, 0.29) is 6.29 Å². The minimum Gasteiger partial charge on any atom is -0.341 e. The van der Waals surface area contributed by atoms with Gasteiger partial charge in [0.15, 0.2) is 0 Å². The van der Waals surface area contributed by atoms with Crippen molar-refractivity contribution in [3.8, 4) is 0 Å². The predicted molar refractivity (Wildman–Crippen MR) is 53.0 cm³/mol. The number of aromatic amines is 1. The monoisotopic (exact) mass is 188 g/mol. The number of anilines is 1. The van der Waals surface area contributed by atoms with Gasteiger partial charge in [0.25, 0.3) is 5.91 Å². The zero-order valence-corrected chi connectivity index (χ0v) is 7.28. The molecular weight excluding hydrogens is 180 g/mol. The highest BCUT2D eigenvalue weighted by atomic mass is 16.2. The van der Waals surface area contributed by atoms with Crippen LogP contribution in [0.5, 0.6) is 0 Å². The number of aldehydes is 1. The van der Waals surface area contributed by atoms with E-state index < -0.39 is 5.91 Å². The number of carbonyl (C=O) groups excluding carboxylic acids is 2. The van der Waals surface area contributed by atoms with Crippen molar-refractivity contribution in [3.63, 3.8) is 0 Å². The number of fused-ring (bicyclic) bond motifs is 1. The molecule has 1 amide bonds. The van der Waals surface area contributed by atoms with Crippen molar-refractivity contribution in [2.75, 3.05) is 5.32 Å². The molecule has 0 aliphatic rings. The van der Waals surface area contributed by atoms with Crippen molar-refractivity contribution < 1.29 is 9.59 Å². The molecule has 0 saturated carbocycles. The summed E-state index contributed by atoms with van der Waals surface area (Å²) in [6, 6.07) is 9.39. The molecule has 1 heterocycles. The molecule has 0 aliphatic carbocycles. The second-order valence-electron chi connectivity index (χ2n) is 2.88. The largest absolute Gasteiger partial charge is 0.341 e. The average molecular weight is 188 g/mol. The van der Waals surface area contributed by atoms with Gasteiger partial charge < -0.3 is 10.3 Å². The van der Waals surface area contributed by atoms with Crippen molar-refractivity contribution >= 4 is 28.9 Å². The molecule has 0 atom stereocenters. The molecule has 4 nitrogen and oxygen atoms in total. The number of carbonyl (C=O) groups is 2. The Morgan fingerprint density at radius 1 is 1.36 bits per heavy atom. The van der Waals surface area contributed by atoms with E-state index in [9.17, 15) is 9.59 Å². The summed E-state index contributed by atoms with van der Waals surface area (Å²) in [7, 11) is 0. The van der Waals surface area contributed by atoms with E-state index in [4.69, 9.17) is 0 Å². The molecule has 2 N–H and O–H groups in total. The Kier molecular flexibility index (Phi) is 2.02. The molecule has 2 rings (SSSR count). The number of para-hydroxylation sites is 1. The number of aromatic nitrogens is 1. The van der Waals surface area contributed by atoms with Gasteiger partial charge in [0, 0.05) is 10.9 Å².